The summed E-state index contributed by atoms with van der Waals surface area (Å²) in [5.74, 6) is -0.161. The number of anilines is 1. The van der Waals surface area contributed by atoms with Crippen LogP contribution in [0.1, 0.15) is 17.0 Å². The van der Waals surface area contributed by atoms with Crippen molar-refractivity contribution in [3.05, 3.63) is 65.6 Å². The molecule has 0 aliphatic heterocycles. The fourth-order valence-electron chi connectivity index (χ4n) is 2.86. The number of sulfone groups is 1. The van der Waals surface area contributed by atoms with Gasteiger partial charge in [-0.05, 0) is 31.2 Å². The fourth-order valence-corrected chi connectivity index (χ4v) is 3.49. The third kappa shape index (κ3) is 5.12. The molecule has 0 aliphatic rings. The van der Waals surface area contributed by atoms with E-state index >= 15 is 0 Å². The number of alkyl halides is 3. The predicted octanol–water partition coefficient (Wildman–Crippen LogP) is 3.92. The summed E-state index contributed by atoms with van der Waals surface area (Å²) in [5, 5.41) is 2.82. The molecule has 1 aromatic carbocycles. The van der Waals surface area contributed by atoms with Crippen LogP contribution in [0.15, 0.2) is 53.6 Å². The van der Waals surface area contributed by atoms with Crippen molar-refractivity contribution >= 4 is 15.8 Å². The quantitative estimate of drug-likeness (QED) is 0.630. The van der Waals surface area contributed by atoms with Crippen LogP contribution in [0, 0.1) is 6.92 Å². The van der Waals surface area contributed by atoms with Gasteiger partial charge in [0.2, 0.25) is 5.95 Å². The van der Waals surface area contributed by atoms with Crippen LogP contribution in [0.25, 0.3) is 11.3 Å². The molecular weight excluding hydrogens is 417 g/mol. The topological polar surface area (TPSA) is 84.8 Å². The van der Waals surface area contributed by atoms with Crippen LogP contribution >= 0.6 is 0 Å². The monoisotopic (exact) mass is 436 g/mol. The molecule has 158 valence electrons. The minimum Gasteiger partial charge on any atom is -0.354 e. The fraction of sp³-hybridized carbons (Fsp3) is 0.250. The van der Waals surface area contributed by atoms with Gasteiger partial charge in [-0.1, -0.05) is 18.2 Å². The third-order valence-corrected chi connectivity index (χ3v) is 5.49. The van der Waals surface area contributed by atoms with Gasteiger partial charge in [0.05, 0.1) is 10.6 Å². The Bertz CT molecular complexity index is 1130. The summed E-state index contributed by atoms with van der Waals surface area (Å²) in [6.45, 7) is 1.59. The van der Waals surface area contributed by atoms with E-state index in [1.165, 1.54) is 31.2 Å². The van der Waals surface area contributed by atoms with E-state index in [1.807, 2.05) is 12.1 Å². The van der Waals surface area contributed by atoms with Gasteiger partial charge in [-0.2, -0.15) is 13.2 Å². The van der Waals surface area contributed by atoms with Crippen molar-refractivity contribution in [3.63, 3.8) is 0 Å². The zero-order chi connectivity index (χ0) is 21.9. The molecule has 10 heteroatoms. The zero-order valence-corrected chi connectivity index (χ0v) is 17.0. The molecule has 0 spiro atoms. The van der Waals surface area contributed by atoms with Gasteiger partial charge in [-0.25, -0.2) is 18.4 Å². The second-order valence-electron chi connectivity index (χ2n) is 6.66. The van der Waals surface area contributed by atoms with Crippen molar-refractivity contribution in [2.24, 2.45) is 0 Å². The van der Waals surface area contributed by atoms with Crippen LogP contribution in [-0.4, -0.2) is 36.2 Å². The van der Waals surface area contributed by atoms with Crippen molar-refractivity contribution in [1.29, 1.82) is 0 Å². The molecule has 1 N–H and O–H groups in total. The normalized spacial score (nSPS) is 12.0. The Morgan fingerprint density at radius 3 is 2.30 bits per heavy atom. The van der Waals surface area contributed by atoms with Gasteiger partial charge in [0.25, 0.3) is 0 Å². The lowest BCUT2D eigenvalue weighted by molar-refractivity contribution is -0.141. The SMILES string of the molecule is Cc1c(-c2ccc(S(C)(=O)=O)cc2)nc(NCCc2ccccn2)nc1C(F)(F)F. The number of nitrogens with zero attached hydrogens (tertiary/aromatic N) is 3. The summed E-state index contributed by atoms with van der Waals surface area (Å²) in [6, 6.07) is 11.0. The molecule has 3 rings (SSSR count). The highest BCUT2D eigenvalue weighted by Gasteiger charge is 2.36. The Kier molecular flexibility index (Phi) is 6.06. The first-order chi connectivity index (χ1) is 14.1. The van der Waals surface area contributed by atoms with Gasteiger partial charge in [-0.15, -0.1) is 0 Å². The summed E-state index contributed by atoms with van der Waals surface area (Å²) < 4.78 is 63.8. The maximum atomic E-state index is 13.5. The average Bonchev–Trinajstić information content (AvgIpc) is 2.68. The molecule has 2 aromatic heterocycles. The van der Waals surface area contributed by atoms with E-state index in [9.17, 15) is 21.6 Å². The molecule has 0 saturated carbocycles. The zero-order valence-electron chi connectivity index (χ0n) is 16.2. The lowest BCUT2D eigenvalue weighted by atomic mass is 10.1. The van der Waals surface area contributed by atoms with Crippen LogP contribution < -0.4 is 5.32 Å². The molecule has 0 bridgehead atoms. The van der Waals surface area contributed by atoms with Gasteiger partial charge in [-0.3, -0.25) is 4.98 Å². The van der Waals surface area contributed by atoms with Gasteiger partial charge in [0.15, 0.2) is 15.5 Å². The molecular formula is C20H19F3N4O2S. The number of halogens is 3. The number of benzene rings is 1. The van der Waals surface area contributed by atoms with E-state index in [0.29, 0.717) is 18.5 Å². The van der Waals surface area contributed by atoms with Crippen molar-refractivity contribution in [2.45, 2.75) is 24.4 Å². The predicted molar refractivity (Wildman–Crippen MR) is 107 cm³/mol. The Balaban J connectivity index is 1.94. The van der Waals surface area contributed by atoms with Crippen molar-refractivity contribution in [1.82, 2.24) is 15.0 Å². The lowest BCUT2D eigenvalue weighted by Gasteiger charge is -2.15. The molecule has 30 heavy (non-hydrogen) atoms. The van der Waals surface area contributed by atoms with Crippen LogP contribution in [-0.2, 0) is 22.4 Å². The molecule has 3 aromatic rings. The number of nitrogens with one attached hydrogen (secondary N) is 1. The Labute approximate surface area is 172 Å². The van der Waals surface area contributed by atoms with Gasteiger partial charge in [0.1, 0.15) is 0 Å². The van der Waals surface area contributed by atoms with Gasteiger partial charge >= 0.3 is 6.18 Å². The summed E-state index contributed by atoms with van der Waals surface area (Å²) in [5.41, 5.74) is 0.0490. The summed E-state index contributed by atoms with van der Waals surface area (Å²) in [6.07, 6.45) is -1.48. The Hall–Kier alpha value is -3.01. The standard InChI is InChI=1S/C20H19F3N4O2S/c1-13-17(14-6-8-16(9-7-14)30(2,28)29)26-19(27-18(13)20(21,22)23)25-12-10-15-5-3-4-11-24-15/h3-9,11H,10,12H2,1-2H3,(H,25,26,27). The van der Waals surface area contributed by atoms with Crippen molar-refractivity contribution in [2.75, 3.05) is 18.1 Å². The number of pyridine rings is 1. The highest BCUT2D eigenvalue weighted by atomic mass is 32.2. The van der Waals surface area contributed by atoms with E-state index in [2.05, 4.69) is 20.3 Å². The van der Waals surface area contributed by atoms with E-state index in [-0.39, 0.29) is 22.1 Å². The minimum atomic E-state index is -4.66. The highest BCUT2D eigenvalue weighted by Crippen LogP contribution is 2.35. The third-order valence-electron chi connectivity index (χ3n) is 4.36. The summed E-state index contributed by atoms with van der Waals surface area (Å²) in [7, 11) is -3.42. The molecule has 2 heterocycles. The van der Waals surface area contributed by atoms with Gasteiger partial charge < -0.3 is 5.32 Å². The first-order valence-electron chi connectivity index (χ1n) is 8.96. The maximum absolute atomic E-state index is 13.5. The van der Waals surface area contributed by atoms with Gasteiger partial charge in [0, 0.05) is 42.2 Å². The molecule has 6 nitrogen and oxygen atoms in total. The number of hydrogen-bond donors (Lipinski definition) is 1. The van der Waals surface area contributed by atoms with Crippen LogP contribution in [0.2, 0.25) is 0 Å². The van der Waals surface area contributed by atoms with Crippen molar-refractivity contribution < 1.29 is 21.6 Å². The van der Waals surface area contributed by atoms with Crippen LogP contribution in [0.5, 0.6) is 0 Å². The summed E-state index contributed by atoms with van der Waals surface area (Å²) >= 11 is 0. The van der Waals surface area contributed by atoms with E-state index in [1.54, 1.807) is 12.3 Å². The van der Waals surface area contributed by atoms with Crippen LogP contribution in [0.3, 0.4) is 0 Å². The molecule has 0 saturated heterocycles. The summed E-state index contributed by atoms with van der Waals surface area (Å²) in [4.78, 5) is 12.1. The number of aromatic nitrogens is 3. The minimum absolute atomic E-state index is 0.0720. The van der Waals surface area contributed by atoms with E-state index in [0.717, 1.165) is 11.9 Å². The second kappa shape index (κ2) is 8.39. The Morgan fingerprint density at radius 2 is 1.73 bits per heavy atom. The Morgan fingerprint density at radius 1 is 1.03 bits per heavy atom. The highest BCUT2D eigenvalue weighted by molar-refractivity contribution is 7.90. The smallest absolute Gasteiger partial charge is 0.354 e. The first-order valence-corrected chi connectivity index (χ1v) is 10.8. The second-order valence-corrected chi connectivity index (χ2v) is 8.68. The lowest BCUT2D eigenvalue weighted by Crippen LogP contribution is -2.16. The number of rotatable bonds is 6. The van der Waals surface area contributed by atoms with Crippen molar-refractivity contribution in [3.8, 4) is 11.3 Å². The molecule has 0 fully saturated rings. The molecule has 0 radical (unpaired) electrons. The van der Waals surface area contributed by atoms with E-state index < -0.39 is 21.7 Å². The first kappa shape index (κ1) is 21.7. The molecule has 0 aliphatic carbocycles. The average molecular weight is 436 g/mol. The maximum Gasteiger partial charge on any atom is 0.433 e. The molecule has 0 atom stereocenters. The number of hydrogen-bond acceptors (Lipinski definition) is 6. The largest absolute Gasteiger partial charge is 0.433 e. The molecule has 0 amide bonds. The molecule has 0 unspecified atom stereocenters. The van der Waals surface area contributed by atoms with E-state index in [4.69, 9.17) is 0 Å². The van der Waals surface area contributed by atoms with Crippen LogP contribution in [0.4, 0.5) is 19.1 Å².